The van der Waals surface area contributed by atoms with E-state index < -0.39 is 0 Å². The second-order valence-corrected chi connectivity index (χ2v) is 11.7. The van der Waals surface area contributed by atoms with Crippen LogP contribution in [0.25, 0.3) is 22.2 Å². The molecule has 3 nitrogen and oxygen atoms in total. The molecule has 0 N–H and O–H groups in total. The molecule has 0 radical (unpaired) electrons. The van der Waals surface area contributed by atoms with Gasteiger partial charge in [-0.25, -0.2) is 4.98 Å². The average molecular weight is 695 g/mol. The van der Waals surface area contributed by atoms with Gasteiger partial charge in [-0.1, -0.05) is 88.7 Å². The Balaban J connectivity index is 0.00000294. The van der Waals surface area contributed by atoms with Gasteiger partial charge in [-0.2, -0.15) is 0 Å². The van der Waals surface area contributed by atoms with E-state index in [1.807, 2.05) is 24.4 Å². The maximum atomic E-state index is 5.57. The van der Waals surface area contributed by atoms with E-state index in [0.717, 1.165) is 44.2 Å². The summed E-state index contributed by atoms with van der Waals surface area (Å²) in [6.45, 7) is 11.3. The molecule has 2 aromatic heterocycles. The Kier molecular flexibility index (Phi) is 6.70. The normalized spacial score (nSPS) is 14.0. The van der Waals surface area contributed by atoms with Crippen molar-refractivity contribution in [2.75, 3.05) is 4.90 Å². The van der Waals surface area contributed by atoms with Crippen LogP contribution < -0.4 is 4.90 Å². The summed E-state index contributed by atoms with van der Waals surface area (Å²) in [5, 5.41) is 1.05. The molecule has 3 aromatic carbocycles. The standard InChI is InChI=1S/C33H30N3S.Pt/c1-32(2,3)23-17-18-34-30(20-23)36-27-11-7-6-10-24(27)33(4,5)25-15-13-22(19-28(25)36)26-16-14-21-9-8-12-29(37)31(21)35-26;/h6-18,20,37H,1-5H3;/q-1;+2/p-1. The van der Waals surface area contributed by atoms with Crippen LogP contribution >= 0.6 is 0 Å². The third kappa shape index (κ3) is 4.34. The van der Waals surface area contributed by atoms with Gasteiger partial charge in [-0.3, -0.25) is 4.98 Å². The van der Waals surface area contributed by atoms with Gasteiger partial charge in [0.25, 0.3) is 0 Å². The first kappa shape index (κ1) is 26.5. The van der Waals surface area contributed by atoms with Crippen LogP contribution in [0.4, 0.5) is 17.2 Å². The first-order valence-corrected chi connectivity index (χ1v) is 13.1. The van der Waals surface area contributed by atoms with Crippen molar-refractivity contribution in [2.24, 2.45) is 0 Å². The van der Waals surface area contributed by atoms with Crippen molar-refractivity contribution in [3.05, 3.63) is 108 Å². The largest absolute Gasteiger partial charge is 2.00 e. The molecule has 0 spiro atoms. The molecule has 0 saturated heterocycles. The minimum atomic E-state index is -0.191. The minimum Gasteiger partial charge on any atom is -0.778 e. The van der Waals surface area contributed by atoms with Crippen molar-refractivity contribution in [3.63, 3.8) is 0 Å². The number of anilines is 3. The zero-order chi connectivity index (χ0) is 25.9. The van der Waals surface area contributed by atoms with Gasteiger partial charge < -0.3 is 17.5 Å². The number of pyridine rings is 2. The molecular formula is C33H29N3PtS. The molecule has 3 heterocycles. The summed E-state index contributed by atoms with van der Waals surface area (Å²) in [5.41, 5.74) is 8.33. The van der Waals surface area contributed by atoms with E-state index in [0.29, 0.717) is 0 Å². The van der Waals surface area contributed by atoms with Crippen molar-refractivity contribution in [1.29, 1.82) is 0 Å². The van der Waals surface area contributed by atoms with E-state index in [9.17, 15) is 0 Å². The number of para-hydroxylation sites is 2. The van der Waals surface area contributed by atoms with Crippen LogP contribution in [0, 0.1) is 6.07 Å². The van der Waals surface area contributed by atoms with Crippen molar-refractivity contribution in [1.82, 2.24) is 9.97 Å². The Morgan fingerprint density at radius 1 is 0.868 bits per heavy atom. The predicted octanol–water partition coefficient (Wildman–Crippen LogP) is 8.41. The molecule has 0 fully saturated rings. The molecule has 0 bridgehead atoms. The van der Waals surface area contributed by atoms with Crippen LogP contribution in [-0.2, 0) is 44.5 Å². The molecule has 0 aliphatic carbocycles. The molecule has 0 atom stereocenters. The van der Waals surface area contributed by atoms with E-state index in [1.165, 1.54) is 16.7 Å². The first-order chi connectivity index (χ1) is 17.6. The Morgan fingerprint density at radius 2 is 1.66 bits per heavy atom. The summed E-state index contributed by atoms with van der Waals surface area (Å²) in [5.74, 6) is 0.893. The van der Waals surface area contributed by atoms with E-state index in [1.54, 1.807) is 0 Å². The molecule has 0 unspecified atom stereocenters. The fourth-order valence-electron chi connectivity index (χ4n) is 5.29. The van der Waals surface area contributed by atoms with Crippen LogP contribution in [0.5, 0.6) is 0 Å². The maximum Gasteiger partial charge on any atom is 2.00 e. The summed E-state index contributed by atoms with van der Waals surface area (Å²) < 4.78 is 0. The zero-order valence-electron chi connectivity index (χ0n) is 22.1. The molecule has 5 heteroatoms. The Bertz CT molecular complexity index is 1670. The van der Waals surface area contributed by atoms with Crippen LogP contribution in [0.3, 0.4) is 0 Å². The SMILES string of the molecule is CC(C)(C)c1ccnc(N2c3[c-]c(-c4ccc5cccc([S-])c5n4)ccc3C(C)(C)c3ccccc32)c1.[Pt+2]. The van der Waals surface area contributed by atoms with Crippen LogP contribution in [0.2, 0.25) is 0 Å². The number of nitrogens with zero attached hydrogens (tertiary/aromatic N) is 3. The van der Waals surface area contributed by atoms with Gasteiger partial charge >= 0.3 is 21.1 Å². The third-order valence-electron chi connectivity index (χ3n) is 7.44. The number of aromatic nitrogens is 2. The van der Waals surface area contributed by atoms with Crippen molar-refractivity contribution in [3.8, 4) is 11.3 Å². The first-order valence-electron chi connectivity index (χ1n) is 12.6. The van der Waals surface area contributed by atoms with Crippen molar-refractivity contribution in [2.45, 2.75) is 50.3 Å². The molecule has 38 heavy (non-hydrogen) atoms. The molecule has 0 amide bonds. The topological polar surface area (TPSA) is 29.0 Å². The summed E-state index contributed by atoms with van der Waals surface area (Å²) in [6.07, 6.45) is 1.91. The Hall–Kier alpha value is -3.07. The number of benzene rings is 3. The smallest absolute Gasteiger partial charge is 0.778 e. The van der Waals surface area contributed by atoms with Crippen molar-refractivity contribution >= 4 is 40.7 Å². The minimum absolute atomic E-state index is 0. The van der Waals surface area contributed by atoms with Gasteiger partial charge in [0.2, 0.25) is 0 Å². The van der Waals surface area contributed by atoms with Gasteiger partial charge in [0.1, 0.15) is 5.82 Å². The van der Waals surface area contributed by atoms with E-state index >= 15 is 0 Å². The number of fused-ring (bicyclic) bond motifs is 3. The van der Waals surface area contributed by atoms with Gasteiger partial charge in [-0.05, 0) is 56.9 Å². The molecule has 1 aliphatic heterocycles. The number of hydrogen-bond donors (Lipinski definition) is 0. The molecule has 192 valence electrons. The fourth-order valence-corrected chi connectivity index (χ4v) is 5.53. The van der Waals surface area contributed by atoms with Gasteiger partial charge in [0, 0.05) is 17.4 Å². The summed E-state index contributed by atoms with van der Waals surface area (Å²) in [6, 6.07) is 31.2. The second-order valence-electron chi connectivity index (χ2n) is 11.3. The maximum absolute atomic E-state index is 5.57. The average Bonchev–Trinajstić information content (AvgIpc) is 2.88. The quantitative estimate of drug-likeness (QED) is 0.137. The van der Waals surface area contributed by atoms with Gasteiger partial charge in [-0.15, -0.1) is 28.7 Å². The van der Waals surface area contributed by atoms with E-state index in [-0.39, 0.29) is 31.9 Å². The summed E-state index contributed by atoms with van der Waals surface area (Å²) >= 11 is 5.57. The van der Waals surface area contributed by atoms with Crippen LogP contribution in [-0.4, -0.2) is 9.97 Å². The molecule has 5 aromatic rings. The van der Waals surface area contributed by atoms with E-state index in [2.05, 4.69) is 106 Å². The zero-order valence-corrected chi connectivity index (χ0v) is 25.2. The van der Waals surface area contributed by atoms with Crippen LogP contribution in [0.1, 0.15) is 51.3 Å². The van der Waals surface area contributed by atoms with E-state index in [4.69, 9.17) is 22.6 Å². The van der Waals surface area contributed by atoms with Crippen LogP contribution in [0.15, 0.2) is 90.0 Å². The molecule has 0 saturated carbocycles. The predicted molar refractivity (Wildman–Crippen MR) is 155 cm³/mol. The van der Waals surface area contributed by atoms with Crippen molar-refractivity contribution < 1.29 is 21.1 Å². The number of hydrogen-bond acceptors (Lipinski definition) is 4. The molecule has 1 aliphatic rings. The Labute approximate surface area is 245 Å². The second kappa shape index (κ2) is 9.59. The third-order valence-corrected chi connectivity index (χ3v) is 7.77. The Morgan fingerprint density at radius 3 is 2.45 bits per heavy atom. The number of rotatable bonds is 2. The fraction of sp³-hybridized carbons (Fsp3) is 0.212. The van der Waals surface area contributed by atoms with Gasteiger partial charge in [0.05, 0.1) is 0 Å². The summed E-state index contributed by atoms with van der Waals surface area (Å²) in [7, 11) is 0. The summed E-state index contributed by atoms with van der Waals surface area (Å²) in [4.78, 5) is 12.8. The molecular weight excluding hydrogens is 666 g/mol. The molecule has 6 rings (SSSR count). The van der Waals surface area contributed by atoms with Gasteiger partial charge in [0.15, 0.2) is 0 Å². The monoisotopic (exact) mass is 694 g/mol.